The van der Waals surface area contributed by atoms with Crippen LogP contribution in [-0.2, 0) is 4.74 Å². The van der Waals surface area contributed by atoms with Gasteiger partial charge >= 0.3 is 0 Å². The summed E-state index contributed by atoms with van der Waals surface area (Å²) in [6.45, 7) is 5.90. The largest absolute Gasteiger partial charge is 0.376 e. The zero-order valence-corrected chi connectivity index (χ0v) is 12.6. The van der Waals surface area contributed by atoms with Gasteiger partial charge in [-0.05, 0) is 26.7 Å². The zero-order chi connectivity index (χ0) is 14.0. The monoisotopic (exact) mass is 264 g/mol. The number of aromatic nitrogens is 2. The molecule has 106 valence electrons. The van der Waals surface area contributed by atoms with E-state index in [1.165, 1.54) is 6.42 Å². The molecule has 1 saturated heterocycles. The molecule has 0 aromatic carbocycles. The topological polar surface area (TPSA) is 41.5 Å². The molecule has 1 aliphatic heterocycles. The Bertz CT molecular complexity index is 441. The van der Waals surface area contributed by atoms with Crippen molar-refractivity contribution < 1.29 is 4.74 Å². The van der Waals surface area contributed by atoms with E-state index in [-0.39, 0.29) is 0 Å². The van der Waals surface area contributed by atoms with Crippen molar-refractivity contribution >= 4 is 11.8 Å². The molecule has 2 rings (SSSR count). The summed E-state index contributed by atoms with van der Waals surface area (Å²) in [5.74, 6) is 1.77. The summed E-state index contributed by atoms with van der Waals surface area (Å²) in [5.41, 5.74) is 2.18. The Labute approximate surface area is 115 Å². The highest BCUT2D eigenvalue weighted by atomic mass is 16.5. The van der Waals surface area contributed by atoms with Gasteiger partial charge in [0.1, 0.15) is 5.82 Å². The van der Waals surface area contributed by atoms with E-state index in [0.29, 0.717) is 6.10 Å². The van der Waals surface area contributed by atoms with Gasteiger partial charge in [-0.3, -0.25) is 0 Å². The number of rotatable bonds is 4. The first-order valence-corrected chi connectivity index (χ1v) is 6.84. The van der Waals surface area contributed by atoms with E-state index in [9.17, 15) is 0 Å². The minimum Gasteiger partial charge on any atom is -0.376 e. The zero-order valence-electron chi connectivity index (χ0n) is 12.6. The molecule has 1 atom stereocenters. The second kappa shape index (κ2) is 5.74. The Hall–Kier alpha value is -1.36. The average Bonchev–Trinajstić information content (AvgIpc) is 2.84. The van der Waals surface area contributed by atoms with Crippen LogP contribution in [0.15, 0.2) is 0 Å². The molecule has 0 bridgehead atoms. The third kappa shape index (κ3) is 3.15. The number of anilines is 2. The van der Waals surface area contributed by atoms with Crippen LogP contribution in [0.3, 0.4) is 0 Å². The van der Waals surface area contributed by atoms with Gasteiger partial charge < -0.3 is 14.5 Å². The maximum Gasteiger partial charge on any atom is 0.227 e. The minimum atomic E-state index is 0.336. The van der Waals surface area contributed by atoms with Crippen LogP contribution in [0.4, 0.5) is 11.8 Å². The average molecular weight is 264 g/mol. The first-order chi connectivity index (χ1) is 8.99. The lowest BCUT2D eigenvalue weighted by atomic mass is 10.2. The van der Waals surface area contributed by atoms with Gasteiger partial charge in [-0.2, -0.15) is 4.98 Å². The predicted molar refractivity (Wildman–Crippen MR) is 78.1 cm³/mol. The fraction of sp³-hybridized carbons (Fsp3) is 0.714. The quantitative estimate of drug-likeness (QED) is 0.829. The van der Waals surface area contributed by atoms with Gasteiger partial charge in [0.2, 0.25) is 5.95 Å². The lowest BCUT2D eigenvalue weighted by molar-refractivity contribution is 0.116. The van der Waals surface area contributed by atoms with E-state index in [4.69, 9.17) is 4.74 Å². The van der Waals surface area contributed by atoms with Gasteiger partial charge in [-0.15, -0.1) is 0 Å². The first-order valence-electron chi connectivity index (χ1n) is 6.84. The van der Waals surface area contributed by atoms with Gasteiger partial charge in [0.05, 0.1) is 6.10 Å². The van der Waals surface area contributed by atoms with Crippen molar-refractivity contribution in [3.63, 3.8) is 0 Å². The number of hydrogen-bond acceptors (Lipinski definition) is 5. The predicted octanol–water partition coefficient (Wildman–Crippen LogP) is 1.77. The van der Waals surface area contributed by atoms with Gasteiger partial charge in [0, 0.05) is 45.6 Å². The summed E-state index contributed by atoms with van der Waals surface area (Å²) in [6, 6.07) is 0. The van der Waals surface area contributed by atoms with Gasteiger partial charge in [-0.25, -0.2) is 4.98 Å². The van der Waals surface area contributed by atoms with Crippen LogP contribution in [0.5, 0.6) is 0 Å². The molecule has 1 fully saturated rings. The number of likely N-dealkylation sites (N-methyl/N-ethyl adjacent to an activating group) is 1. The normalized spacial score (nSPS) is 18.7. The fourth-order valence-corrected chi connectivity index (χ4v) is 2.35. The van der Waals surface area contributed by atoms with Crippen LogP contribution in [0.1, 0.15) is 24.1 Å². The molecule has 0 unspecified atom stereocenters. The van der Waals surface area contributed by atoms with Crippen molar-refractivity contribution in [2.24, 2.45) is 0 Å². The molecule has 0 N–H and O–H groups in total. The highest BCUT2D eigenvalue weighted by molar-refractivity contribution is 5.51. The van der Waals surface area contributed by atoms with E-state index in [1.54, 1.807) is 0 Å². The maximum absolute atomic E-state index is 5.70. The molecule has 0 radical (unpaired) electrons. The summed E-state index contributed by atoms with van der Waals surface area (Å²) in [6.07, 6.45) is 2.65. The molecule has 1 aliphatic rings. The van der Waals surface area contributed by atoms with E-state index in [0.717, 1.165) is 42.6 Å². The number of aryl methyl sites for hydroxylation is 1. The molecule has 2 heterocycles. The van der Waals surface area contributed by atoms with E-state index >= 15 is 0 Å². The van der Waals surface area contributed by atoms with Crippen LogP contribution in [-0.4, -0.2) is 50.4 Å². The highest BCUT2D eigenvalue weighted by Crippen LogP contribution is 2.23. The molecule has 1 aromatic rings. The Kier molecular flexibility index (Phi) is 4.24. The van der Waals surface area contributed by atoms with Crippen LogP contribution in [0, 0.1) is 13.8 Å². The van der Waals surface area contributed by atoms with Crippen molar-refractivity contribution in [3.05, 3.63) is 11.3 Å². The van der Waals surface area contributed by atoms with Crippen molar-refractivity contribution in [1.29, 1.82) is 0 Å². The van der Waals surface area contributed by atoms with Gasteiger partial charge in [-0.1, -0.05) is 0 Å². The summed E-state index contributed by atoms with van der Waals surface area (Å²) >= 11 is 0. The molecule has 19 heavy (non-hydrogen) atoms. The van der Waals surface area contributed by atoms with E-state index in [2.05, 4.69) is 28.8 Å². The van der Waals surface area contributed by atoms with Crippen LogP contribution < -0.4 is 9.80 Å². The molecule has 0 aliphatic carbocycles. The maximum atomic E-state index is 5.70. The Morgan fingerprint density at radius 2 is 1.95 bits per heavy atom. The van der Waals surface area contributed by atoms with Crippen LogP contribution >= 0.6 is 0 Å². The standard InChI is InChI=1S/C14H24N4O/c1-10-11(2)15-14(17(3)4)16-13(10)18(5)9-12-7-6-8-19-12/h12H,6-9H2,1-5H3/t12-/m0/s1. The summed E-state index contributed by atoms with van der Waals surface area (Å²) < 4.78 is 5.70. The Balaban J connectivity index is 2.21. The first kappa shape index (κ1) is 14.1. The molecule has 0 saturated carbocycles. The van der Waals surface area contributed by atoms with Gasteiger partial charge in [0.25, 0.3) is 0 Å². The summed E-state index contributed by atoms with van der Waals surface area (Å²) in [5, 5.41) is 0. The van der Waals surface area contributed by atoms with Crippen molar-refractivity contribution in [3.8, 4) is 0 Å². The molecule has 0 amide bonds. The minimum absolute atomic E-state index is 0.336. The highest BCUT2D eigenvalue weighted by Gasteiger charge is 2.20. The van der Waals surface area contributed by atoms with Crippen molar-refractivity contribution in [2.45, 2.75) is 32.8 Å². The number of hydrogen-bond donors (Lipinski definition) is 0. The molecule has 1 aromatic heterocycles. The smallest absolute Gasteiger partial charge is 0.227 e. The van der Waals surface area contributed by atoms with Crippen molar-refractivity contribution in [2.75, 3.05) is 44.1 Å². The molecular weight excluding hydrogens is 240 g/mol. The van der Waals surface area contributed by atoms with Gasteiger partial charge in [0.15, 0.2) is 0 Å². The molecule has 5 heteroatoms. The fourth-order valence-electron chi connectivity index (χ4n) is 2.35. The number of ether oxygens (including phenoxy) is 1. The summed E-state index contributed by atoms with van der Waals surface area (Å²) in [4.78, 5) is 13.3. The third-order valence-electron chi connectivity index (χ3n) is 3.61. The third-order valence-corrected chi connectivity index (χ3v) is 3.61. The second-order valence-corrected chi connectivity index (χ2v) is 5.47. The SMILES string of the molecule is Cc1nc(N(C)C)nc(N(C)C[C@@H]2CCCO2)c1C. The van der Waals surface area contributed by atoms with Crippen LogP contribution in [0.2, 0.25) is 0 Å². The van der Waals surface area contributed by atoms with Crippen LogP contribution in [0.25, 0.3) is 0 Å². The van der Waals surface area contributed by atoms with Crippen molar-refractivity contribution in [1.82, 2.24) is 9.97 Å². The second-order valence-electron chi connectivity index (χ2n) is 5.47. The lowest BCUT2D eigenvalue weighted by Gasteiger charge is -2.25. The number of nitrogens with zero attached hydrogens (tertiary/aromatic N) is 4. The Morgan fingerprint density at radius 1 is 1.21 bits per heavy atom. The molecule has 0 spiro atoms. The molecular formula is C14H24N4O. The molecule has 5 nitrogen and oxygen atoms in total. The van der Waals surface area contributed by atoms with E-state index in [1.807, 2.05) is 25.9 Å². The van der Waals surface area contributed by atoms with E-state index < -0.39 is 0 Å². The summed E-state index contributed by atoms with van der Waals surface area (Å²) in [7, 11) is 6.01. The lowest BCUT2D eigenvalue weighted by Crippen LogP contribution is -2.30. The Morgan fingerprint density at radius 3 is 2.53 bits per heavy atom.